The second-order valence-corrected chi connectivity index (χ2v) is 21.2. The highest BCUT2D eigenvalue weighted by Crippen LogP contribution is 2.33. The topological polar surface area (TPSA) is 355 Å². The highest BCUT2D eigenvalue weighted by molar-refractivity contribution is 6.11. The molecule has 10 aromatic rings. The highest BCUT2D eigenvalue weighted by atomic mass is 16.5. The van der Waals surface area contributed by atoms with Crippen molar-refractivity contribution in [3.05, 3.63) is 277 Å². The maximum atomic E-state index is 12.7. The molecule has 3 amide bonds. The molecule has 3 aliphatic heterocycles. The normalized spacial score (nSPS) is 12.2. The molecule has 28 heteroatoms. The summed E-state index contributed by atoms with van der Waals surface area (Å²) in [6.45, 7) is 9.51. The third-order valence-corrected chi connectivity index (χ3v) is 14.4. The van der Waals surface area contributed by atoms with Crippen molar-refractivity contribution in [1.82, 2.24) is 49.3 Å². The number of aromatic nitrogens is 10. The number of carbonyl (C=O) groups excluding carboxylic acids is 3. The lowest BCUT2D eigenvalue weighted by Crippen LogP contribution is -2.28. The number of carbonyl (C=O) groups is 3. The van der Waals surface area contributed by atoms with Crippen LogP contribution in [0.15, 0.2) is 204 Å². The van der Waals surface area contributed by atoms with Gasteiger partial charge in [0.15, 0.2) is 17.5 Å². The first-order chi connectivity index (χ1) is 46.8. The molecule has 0 atom stereocenters. The van der Waals surface area contributed by atoms with Gasteiger partial charge in [-0.25, -0.2) is 14.0 Å². The molecule has 0 saturated carbocycles. The fraction of sp³-hybridized carbons (Fsp3) is 0.174. The van der Waals surface area contributed by atoms with E-state index in [-0.39, 0.29) is 71.5 Å². The van der Waals surface area contributed by atoms with E-state index in [1.165, 1.54) is 84.6 Å². The van der Waals surface area contributed by atoms with Crippen LogP contribution in [0.3, 0.4) is 0 Å². The van der Waals surface area contributed by atoms with E-state index in [1.807, 2.05) is 24.3 Å². The van der Waals surface area contributed by atoms with Crippen molar-refractivity contribution in [2.75, 3.05) is 27.9 Å². The van der Waals surface area contributed by atoms with Gasteiger partial charge in [0.2, 0.25) is 0 Å². The molecule has 7 aromatic heterocycles. The number of amides is 3. The van der Waals surface area contributed by atoms with Gasteiger partial charge < -0.3 is 44.5 Å². The van der Waals surface area contributed by atoms with E-state index in [9.17, 15) is 39.0 Å². The number of hydrogen-bond acceptors (Lipinski definition) is 22. The number of benzene rings is 3. The summed E-state index contributed by atoms with van der Waals surface area (Å²) in [5.41, 5.74) is 6.10. The largest absolute Gasteiger partial charge is 0.508 e. The lowest BCUT2D eigenvalue weighted by Gasteiger charge is -2.14. The fourth-order valence-corrected chi connectivity index (χ4v) is 9.35. The Labute approximate surface area is 553 Å². The predicted octanol–water partition coefficient (Wildman–Crippen LogP) is 6.16. The number of aliphatic hydroxyl groups is 2. The number of rotatable bonds is 17. The average molecular weight is 1320 g/mol. The maximum Gasteiger partial charge on any atom is 0.266 e. The Morgan fingerprint density at radius 2 is 0.722 bits per heavy atom. The summed E-state index contributed by atoms with van der Waals surface area (Å²) < 4.78 is 25.8. The van der Waals surface area contributed by atoms with E-state index >= 15 is 0 Å². The summed E-state index contributed by atoms with van der Waals surface area (Å²) in [7, 11) is 4.63. The zero-order valence-electron chi connectivity index (χ0n) is 52.7. The molecule has 0 fully saturated rings. The molecule has 0 radical (unpaired) electrons. The Balaban J connectivity index is 0.000000151. The molecule has 0 unspecified atom stereocenters. The minimum absolute atomic E-state index is 0.0399. The van der Waals surface area contributed by atoms with Gasteiger partial charge in [-0.05, 0) is 138 Å². The Hall–Kier alpha value is -12.7. The van der Waals surface area contributed by atoms with Crippen LogP contribution >= 0.6 is 0 Å². The number of phenols is 1. The molecule has 3 aromatic carbocycles. The molecular formula is C69H65N13O15. The first-order valence-corrected chi connectivity index (χ1v) is 29.6. The summed E-state index contributed by atoms with van der Waals surface area (Å²) in [5, 5.41) is 56.9. The molecule has 0 bridgehead atoms. The molecule has 3 aliphatic rings. The molecular weight excluding hydrogens is 1250 g/mol. The van der Waals surface area contributed by atoms with Gasteiger partial charge in [-0.1, -0.05) is 25.3 Å². The number of pyridine rings is 4. The molecule has 13 rings (SSSR count). The molecule has 10 heterocycles. The van der Waals surface area contributed by atoms with Crippen molar-refractivity contribution in [3.63, 3.8) is 0 Å². The monoisotopic (exact) mass is 1320 g/mol. The SMILES string of the molecule is C=CCOc1ccc(CO)nc1.C=CCOc1ccc(COc2ccc3c(c2)CN(c2ccc(=O)n(C)n2)C3=O)nc1.Cn1nc(N2Cc3cc(O)ccc3C2=O)ccc1=O.Cn1nc(N2Cc3cc(OCc4ccc(O)cn4)ccc3C2=O)ccc1=O.OCc1ccc(O)cn1. The second kappa shape index (κ2) is 32.2. The van der Waals surface area contributed by atoms with Crippen LogP contribution in [0.1, 0.15) is 70.5 Å². The van der Waals surface area contributed by atoms with Crippen LogP contribution in [0.2, 0.25) is 0 Å². The van der Waals surface area contributed by atoms with Crippen LogP contribution in [0.25, 0.3) is 0 Å². The maximum absolute atomic E-state index is 12.7. The van der Waals surface area contributed by atoms with Crippen LogP contribution in [0.5, 0.6) is 40.2 Å². The van der Waals surface area contributed by atoms with Crippen molar-refractivity contribution < 1.29 is 58.9 Å². The van der Waals surface area contributed by atoms with Gasteiger partial charge in [-0.2, -0.15) is 15.3 Å². The Morgan fingerprint density at radius 1 is 0.392 bits per heavy atom. The number of phenolic OH excluding ortho intramolecular Hbond substituents is 1. The highest BCUT2D eigenvalue weighted by Gasteiger charge is 2.32. The molecule has 97 heavy (non-hydrogen) atoms. The predicted molar refractivity (Wildman–Crippen MR) is 353 cm³/mol. The second-order valence-electron chi connectivity index (χ2n) is 21.2. The van der Waals surface area contributed by atoms with E-state index in [0.29, 0.717) is 114 Å². The number of hydrogen-bond donors (Lipinski definition) is 5. The minimum atomic E-state index is -0.235. The Kier molecular flexibility index (Phi) is 22.8. The Morgan fingerprint density at radius 3 is 1.06 bits per heavy atom. The van der Waals surface area contributed by atoms with Crippen LogP contribution in [0.4, 0.5) is 17.5 Å². The molecule has 5 N–H and O–H groups in total. The number of fused-ring (bicyclic) bond motifs is 3. The number of aromatic hydroxyl groups is 3. The zero-order valence-corrected chi connectivity index (χ0v) is 52.7. The summed E-state index contributed by atoms with van der Waals surface area (Å²) >= 11 is 0. The van der Waals surface area contributed by atoms with Gasteiger partial charge in [0.1, 0.15) is 66.7 Å². The van der Waals surface area contributed by atoms with Crippen molar-refractivity contribution in [2.24, 2.45) is 21.1 Å². The van der Waals surface area contributed by atoms with Gasteiger partial charge in [0, 0.05) is 56.0 Å². The molecule has 0 spiro atoms. The van der Waals surface area contributed by atoms with Crippen molar-refractivity contribution in [3.8, 4) is 40.2 Å². The van der Waals surface area contributed by atoms with Crippen LogP contribution in [-0.2, 0) is 67.2 Å². The third kappa shape index (κ3) is 17.9. The third-order valence-electron chi connectivity index (χ3n) is 14.4. The number of ether oxygens (including phenoxy) is 4. The van der Waals surface area contributed by atoms with E-state index in [2.05, 4.69) is 48.4 Å². The van der Waals surface area contributed by atoms with Gasteiger partial charge in [-0.3, -0.25) is 63.4 Å². The first kappa shape index (κ1) is 68.7. The van der Waals surface area contributed by atoms with Crippen LogP contribution in [0, 0.1) is 0 Å². The Bertz CT molecular complexity index is 4640. The van der Waals surface area contributed by atoms with E-state index < -0.39 is 0 Å². The quantitative estimate of drug-likeness (QED) is 0.0637. The summed E-state index contributed by atoms with van der Waals surface area (Å²) in [4.78, 5) is 92.5. The van der Waals surface area contributed by atoms with Crippen LogP contribution < -0.4 is 50.3 Å². The first-order valence-electron chi connectivity index (χ1n) is 29.6. The standard InChI is InChI=1S/C22H20N4O4.C19H16N4O4.C13H11N3O3.C9H11NO2.C6H7NO2/c1-3-10-29-18-5-4-16(23-12-18)14-30-17-6-7-19-15(11-17)13-26(22(19)28)20-8-9-21(27)25(2)24-20;1-22-18(25)7-6-17(21-22)23-10-12-8-15(4-5-16(12)19(23)26)27-11-13-2-3-14(24)9-20-13;1-15-12(18)5-4-11(14-15)16-7-8-6-9(17)2-3-10(8)13(16)19;1-2-5-12-9-4-3-8(7-11)10-6-9;8-4-5-1-2-6(9)3-7-5/h3-9,11-12H,1,10,13-14H2,2H3;2-9,24H,10-11H2,1H3;2-6,17H,7H2,1H3;2-4,6,11H,1,5,7H2;1-3,8-9H,4H2. The number of nitrogens with zero attached hydrogens (tertiary/aromatic N) is 13. The average Bonchev–Trinajstić information content (AvgIpc) is 1.66. The van der Waals surface area contributed by atoms with Crippen molar-refractivity contribution in [1.29, 1.82) is 0 Å². The smallest absolute Gasteiger partial charge is 0.266 e. The van der Waals surface area contributed by atoms with Crippen molar-refractivity contribution >= 4 is 35.2 Å². The van der Waals surface area contributed by atoms with E-state index in [4.69, 9.17) is 34.3 Å². The van der Waals surface area contributed by atoms with E-state index in [0.717, 1.165) is 22.4 Å². The molecule has 496 valence electrons. The fourth-order valence-electron chi connectivity index (χ4n) is 9.35. The lowest BCUT2D eigenvalue weighted by atomic mass is 10.1. The van der Waals surface area contributed by atoms with Crippen molar-refractivity contribution in [2.45, 2.75) is 46.1 Å². The molecule has 0 saturated heterocycles. The lowest BCUT2D eigenvalue weighted by molar-refractivity contribution is 0.0987. The van der Waals surface area contributed by atoms with Gasteiger partial charge in [-0.15, -0.1) is 0 Å². The van der Waals surface area contributed by atoms with Gasteiger partial charge >= 0.3 is 0 Å². The zero-order chi connectivity index (χ0) is 69.1. The summed E-state index contributed by atoms with van der Waals surface area (Å²) in [5.74, 6) is 3.74. The summed E-state index contributed by atoms with van der Waals surface area (Å²) in [6.07, 6.45) is 9.21. The van der Waals surface area contributed by atoms with E-state index in [1.54, 1.807) is 118 Å². The minimum Gasteiger partial charge on any atom is -0.508 e. The number of anilines is 3. The molecule has 28 nitrogen and oxygen atoms in total. The van der Waals surface area contributed by atoms with Gasteiger partial charge in [0.05, 0.1) is 80.4 Å². The summed E-state index contributed by atoms with van der Waals surface area (Å²) in [6, 6.07) is 37.4. The number of aliphatic hydroxyl groups excluding tert-OH is 2. The van der Waals surface area contributed by atoms with Crippen LogP contribution in [-0.4, -0.2) is 106 Å². The molecule has 0 aliphatic carbocycles. The van der Waals surface area contributed by atoms with Gasteiger partial charge in [0.25, 0.3) is 34.4 Å². The number of aryl methyl sites for hydroxylation is 3.